The maximum Gasteiger partial charge on any atom is 0.416 e. The highest BCUT2D eigenvalue weighted by atomic mass is 35.5. The molecule has 2 aromatic carbocycles. The largest absolute Gasteiger partial charge is 0.416 e. The summed E-state index contributed by atoms with van der Waals surface area (Å²) in [6.45, 7) is 1.36. The van der Waals surface area contributed by atoms with Gasteiger partial charge in [-0.25, -0.2) is 0 Å². The van der Waals surface area contributed by atoms with Crippen LogP contribution in [0.25, 0.3) is 0 Å². The zero-order valence-electron chi connectivity index (χ0n) is 12.6. The molecule has 0 spiro atoms. The van der Waals surface area contributed by atoms with E-state index < -0.39 is 17.8 Å². The average Bonchev–Trinajstić information content (AvgIpc) is 2.49. The number of hydrogen-bond donors (Lipinski definition) is 0. The van der Waals surface area contributed by atoms with Crippen LogP contribution in [0, 0.1) is 0 Å². The standard InChI is InChI=1S/C17H15ClF3NO/c1-11(23)22(2)16(12-6-4-3-5-7-12)14-10-13(17(19,20)21)8-9-15(14)18/h3-10,16H,1-2H3. The first kappa shape index (κ1) is 17.3. The van der Waals surface area contributed by atoms with Gasteiger partial charge in [-0.3, -0.25) is 4.79 Å². The zero-order chi connectivity index (χ0) is 17.2. The van der Waals surface area contributed by atoms with Crippen molar-refractivity contribution in [1.29, 1.82) is 0 Å². The molecule has 1 atom stereocenters. The van der Waals surface area contributed by atoms with E-state index in [0.29, 0.717) is 5.56 Å². The van der Waals surface area contributed by atoms with Crippen molar-refractivity contribution < 1.29 is 18.0 Å². The van der Waals surface area contributed by atoms with E-state index in [-0.39, 0.29) is 16.5 Å². The lowest BCUT2D eigenvalue weighted by molar-refractivity contribution is -0.137. The molecule has 6 heteroatoms. The SMILES string of the molecule is CC(=O)N(C)C(c1ccccc1)c1cc(C(F)(F)F)ccc1Cl. The van der Waals surface area contributed by atoms with E-state index in [2.05, 4.69) is 0 Å². The predicted molar refractivity (Wildman–Crippen MR) is 83.2 cm³/mol. The molecule has 23 heavy (non-hydrogen) atoms. The van der Waals surface area contributed by atoms with Crippen molar-refractivity contribution in [3.8, 4) is 0 Å². The summed E-state index contributed by atoms with van der Waals surface area (Å²) < 4.78 is 39.0. The van der Waals surface area contributed by atoms with Crippen LogP contribution in [0.15, 0.2) is 48.5 Å². The lowest BCUT2D eigenvalue weighted by atomic mass is 9.95. The third kappa shape index (κ3) is 3.85. The number of nitrogens with zero attached hydrogens (tertiary/aromatic N) is 1. The first-order valence-corrected chi connectivity index (χ1v) is 7.24. The second-order valence-electron chi connectivity index (χ2n) is 5.18. The fourth-order valence-electron chi connectivity index (χ4n) is 2.36. The second kappa shape index (κ2) is 6.62. The number of rotatable bonds is 3. The van der Waals surface area contributed by atoms with Crippen molar-refractivity contribution in [3.05, 3.63) is 70.2 Å². The number of carbonyl (C=O) groups excluding carboxylic acids is 1. The van der Waals surface area contributed by atoms with Crippen LogP contribution in [0.1, 0.15) is 29.7 Å². The van der Waals surface area contributed by atoms with Crippen LogP contribution in [-0.2, 0) is 11.0 Å². The van der Waals surface area contributed by atoms with Crippen molar-refractivity contribution in [2.45, 2.75) is 19.1 Å². The Morgan fingerprint density at radius 2 is 1.74 bits per heavy atom. The van der Waals surface area contributed by atoms with Gasteiger partial charge in [0.2, 0.25) is 5.91 Å². The van der Waals surface area contributed by atoms with Gasteiger partial charge in [-0.2, -0.15) is 13.2 Å². The van der Waals surface area contributed by atoms with Gasteiger partial charge < -0.3 is 4.90 Å². The molecule has 0 radical (unpaired) electrons. The maximum absolute atomic E-state index is 13.0. The Bertz CT molecular complexity index is 701. The van der Waals surface area contributed by atoms with E-state index in [9.17, 15) is 18.0 Å². The highest BCUT2D eigenvalue weighted by Gasteiger charge is 2.33. The molecular formula is C17H15ClF3NO. The maximum atomic E-state index is 13.0. The topological polar surface area (TPSA) is 20.3 Å². The summed E-state index contributed by atoms with van der Waals surface area (Å²) in [6, 6.07) is 11.3. The van der Waals surface area contributed by atoms with Crippen molar-refractivity contribution in [2.75, 3.05) is 7.05 Å². The van der Waals surface area contributed by atoms with Crippen LogP contribution in [0.5, 0.6) is 0 Å². The van der Waals surface area contributed by atoms with Gasteiger partial charge in [-0.15, -0.1) is 0 Å². The third-order valence-corrected chi connectivity index (χ3v) is 3.96. The van der Waals surface area contributed by atoms with Gasteiger partial charge in [0.15, 0.2) is 0 Å². The summed E-state index contributed by atoms with van der Waals surface area (Å²) in [5.41, 5.74) is 0.131. The van der Waals surface area contributed by atoms with Crippen LogP contribution < -0.4 is 0 Å². The summed E-state index contributed by atoms with van der Waals surface area (Å²) in [4.78, 5) is 13.2. The van der Waals surface area contributed by atoms with Crippen LogP contribution in [0.2, 0.25) is 5.02 Å². The normalized spacial score (nSPS) is 12.8. The first-order chi connectivity index (χ1) is 10.7. The van der Waals surface area contributed by atoms with Gasteiger partial charge in [0.05, 0.1) is 11.6 Å². The quantitative estimate of drug-likeness (QED) is 0.775. The van der Waals surface area contributed by atoms with E-state index in [4.69, 9.17) is 11.6 Å². The number of hydrogen-bond acceptors (Lipinski definition) is 1. The zero-order valence-corrected chi connectivity index (χ0v) is 13.3. The molecule has 0 bridgehead atoms. The lowest BCUT2D eigenvalue weighted by Crippen LogP contribution is -2.30. The second-order valence-corrected chi connectivity index (χ2v) is 5.58. The van der Waals surface area contributed by atoms with E-state index in [1.54, 1.807) is 30.3 Å². The van der Waals surface area contributed by atoms with E-state index in [0.717, 1.165) is 12.1 Å². The number of benzene rings is 2. The van der Waals surface area contributed by atoms with E-state index >= 15 is 0 Å². The van der Waals surface area contributed by atoms with Gasteiger partial charge in [-0.1, -0.05) is 41.9 Å². The summed E-state index contributed by atoms with van der Waals surface area (Å²) >= 11 is 6.13. The molecule has 0 aliphatic heterocycles. The van der Waals surface area contributed by atoms with Gasteiger partial charge >= 0.3 is 6.18 Å². The molecule has 0 heterocycles. The first-order valence-electron chi connectivity index (χ1n) is 6.87. The Balaban J connectivity index is 2.62. The molecule has 0 saturated heterocycles. The number of carbonyl (C=O) groups is 1. The fourth-order valence-corrected chi connectivity index (χ4v) is 2.58. The Hall–Kier alpha value is -2.01. The lowest BCUT2D eigenvalue weighted by Gasteiger charge is -2.29. The van der Waals surface area contributed by atoms with Gasteiger partial charge in [0, 0.05) is 19.0 Å². The summed E-state index contributed by atoms with van der Waals surface area (Å²) in [6.07, 6.45) is -4.48. The monoisotopic (exact) mass is 341 g/mol. The van der Waals surface area contributed by atoms with Crippen molar-refractivity contribution in [3.63, 3.8) is 0 Å². The van der Waals surface area contributed by atoms with Crippen LogP contribution in [-0.4, -0.2) is 17.9 Å². The molecule has 0 saturated carbocycles. The van der Waals surface area contributed by atoms with Crippen LogP contribution in [0.3, 0.4) is 0 Å². The molecule has 0 aromatic heterocycles. The van der Waals surface area contributed by atoms with Crippen molar-refractivity contribution in [2.24, 2.45) is 0 Å². The molecule has 2 nitrogen and oxygen atoms in total. The van der Waals surface area contributed by atoms with Gasteiger partial charge in [0.25, 0.3) is 0 Å². The summed E-state index contributed by atoms with van der Waals surface area (Å²) in [5.74, 6) is -0.271. The van der Waals surface area contributed by atoms with E-state index in [1.165, 1.54) is 24.9 Å². The van der Waals surface area contributed by atoms with Gasteiger partial charge in [0.1, 0.15) is 0 Å². The van der Waals surface area contributed by atoms with Crippen LogP contribution >= 0.6 is 11.6 Å². The van der Waals surface area contributed by atoms with E-state index in [1.807, 2.05) is 0 Å². The minimum absolute atomic E-state index is 0.181. The molecule has 2 aromatic rings. The highest BCUT2D eigenvalue weighted by Crippen LogP contribution is 2.37. The van der Waals surface area contributed by atoms with Crippen molar-refractivity contribution >= 4 is 17.5 Å². The Kier molecular flexibility index (Phi) is 5.00. The summed E-state index contributed by atoms with van der Waals surface area (Å²) in [7, 11) is 1.54. The van der Waals surface area contributed by atoms with Crippen LogP contribution in [0.4, 0.5) is 13.2 Å². The highest BCUT2D eigenvalue weighted by molar-refractivity contribution is 6.31. The molecule has 0 aliphatic carbocycles. The molecular weight excluding hydrogens is 327 g/mol. The minimum Gasteiger partial charge on any atom is -0.335 e. The average molecular weight is 342 g/mol. The summed E-state index contributed by atoms with van der Waals surface area (Å²) in [5, 5.41) is 0.181. The van der Waals surface area contributed by atoms with Gasteiger partial charge in [-0.05, 0) is 29.3 Å². The molecule has 0 fully saturated rings. The minimum atomic E-state index is -4.48. The Morgan fingerprint density at radius 3 is 2.26 bits per heavy atom. The van der Waals surface area contributed by atoms with Crippen molar-refractivity contribution in [1.82, 2.24) is 4.90 Å². The Labute approximate surface area is 137 Å². The number of amides is 1. The number of alkyl halides is 3. The molecule has 2 rings (SSSR count). The molecule has 122 valence electrons. The smallest absolute Gasteiger partial charge is 0.335 e. The third-order valence-electron chi connectivity index (χ3n) is 3.62. The fraction of sp³-hybridized carbons (Fsp3) is 0.235. The number of halogens is 4. The Morgan fingerprint density at radius 1 is 1.13 bits per heavy atom. The molecule has 1 unspecified atom stereocenters. The predicted octanol–water partition coefficient (Wildman–Crippen LogP) is 4.93. The molecule has 0 N–H and O–H groups in total. The molecule has 0 aliphatic rings. The molecule has 1 amide bonds.